The van der Waals surface area contributed by atoms with Gasteiger partial charge in [0.2, 0.25) is 0 Å². The van der Waals surface area contributed by atoms with Crippen molar-refractivity contribution in [2.24, 2.45) is 5.92 Å². The number of hydrogen-bond donors (Lipinski definition) is 1. The molecule has 1 aliphatic rings. The minimum atomic E-state index is 0.308. The van der Waals surface area contributed by atoms with E-state index in [1.807, 2.05) is 7.05 Å². The second kappa shape index (κ2) is 8.16. The third kappa shape index (κ3) is 4.70. The van der Waals surface area contributed by atoms with Gasteiger partial charge in [0.1, 0.15) is 0 Å². The van der Waals surface area contributed by atoms with E-state index >= 15 is 0 Å². The van der Waals surface area contributed by atoms with Crippen LogP contribution >= 0.6 is 11.6 Å². The van der Waals surface area contributed by atoms with Crippen LogP contribution in [0.25, 0.3) is 0 Å². The Bertz CT molecular complexity index is 424. The summed E-state index contributed by atoms with van der Waals surface area (Å²) in [7, 11) is 6.19. The highest BCUT2D eigenvalue weighted by Crippen LogP contribution is 2.33. The lowest BCUT2D eigenvalue weighted by Gasteiger charge is -2.21. The summed E-state index contributed by atoms with van der Waals surface area (Å²) in [6, 6.07) is 0.308. The van der Waals surface area contributed by atoms with Crippen LogP contribution in [0.2, 0.25) is 5.02 Å². The van der Waals surface area contributed by atoms with Crippen molar-refractivity contribution in [2.75, 3.05) is 27.7 Å². The van der Waals surface area contributed by atoms with Gasteiger partial charge in [-0.3, -0.25) is 4.68 Å². The standard InChI is InChI=1S/C16H29ClN4/c1-18-15(9-8-13-6-4-5-7-13)16-14(17)12-19-21(16)11-10-20(2)3/h12-13,15,18H,4-11H2,1-3H3. The summed E-state index contributed by atoms with van der Waals surface area (Å²) in [6.07, 6.45) is 9.86. The zero-order chi connectivity index (χ0) is 15.2. The second-order valence-electron chi connectivity index (χ2n) is 6.47. The van der Waals surface area contributed by atoms with Gasteiger partial charge in [-0.1, -0.05) is 37.3 Å². The lowest BCUT2D eigenvalue weighted by Crippen LogP contribution is -2.25. The van der Waals surface area contributed by atoms with Crippen molar-refractivity contribution in [3.63, 3.8) is 0 Å². The first-order valence-electron chi connectivity index (χ1n) is 8.15. The summed E-state index contributed by atoms with van der Waals surface area (Å²) in [5.74, 6) is 0.915. The molecule has 2 rings (SSSR count). The fraction of sp³-hybridized carbons (Fsp3) is 0.812. The van der Waals surface area contributed by atoms with Crippen molar-refractivity contribution in [3.8, 4) is 0 Å². The number of rotatable bonds is 8. The van der Waals surface area contributed by atoms with Crippen LogP contribution in [0.1, 0.15) is 50.3 Å². The predicted octanol–water partition coefficient (Wildman–Crippen LogP) is 3.33. The summed E-state index contributed by atoms with van der Waals surface area (Å²) in [4.78, 5) is 2.17. The van der Waals surface area contributed by atoms with Gasteiger partial charge in [0, 0.05) is 6.54 Å². The largest absolute Gasteiger partial charge is 0.312 e. The Morgan fingerprint density at radius 1 is 1.43 bits per heavy atom. The highest BCUT2D eigenvalue weighted by atomic mass is 35.5. The van der Waals surface area contributed by atoms with E-state index in [1.54, 1.807) is 6.20 Å². The lowest BCUT2D eigenvalue weighted by molar-refractivity contribution is 0.356. The number of aromatic nitrogens is 2. The molecule has 0 aliphatic heterocycles. The molecule has 1 N–H and O–H groups in total. The summed E-state index contributed by atoms with van der Waals surface area (Å²) < 4.78 is 2.07. The molecule has 1 aliphatic carbocycles. The average molecular weight is 313 g/mol. The van der Waals surface area contributed by atoms with Crippen LogP contribution in [0, 0.1) is 5.92 Å². The highest BCUT2D eigenvalue weighted by Gasteiger charge is 2.22. The Morgan fingerprint density at radius 3 is 2.76 bits per heavy atom. The van der Waals surface area contributed by atoms with Gasteiger partial charge in [0.15, 0.2) is 0 Å². The van der Waals surface area contributed by atoms with Gasteiger partial charge in [-0.25, -0.2) is 0 Å². The van der Waals surface area contributed by atoms with Crippen LogP contribution in [0.4, 0.5) is 0 Å². The van der Waals surface area contributed by atoms with Crippen LogP contribution in [0.15, 0.2) is 6.20 Å². The molecule has 1 saturated carbocycles. The molecule has 1 aromatic heterocycles. The Balaban J connectivity index is 2.00. The summed E-state index contributed by atoms with van der Waals surface area (Å²) in [5, 5.41) is 8.68. The topological polar surface area (TPSA) is 33.1 Å². The summed E-state index contributed by atoms with van der Waals surface area (Å²) in [6.45, 7) is 1.86. The number of likely N-dealkylation sites (N-methyl/N-ethyl adjacent to an activating group) is 1. The number of nitrogens with one attached hydrogen (secondary N) is 1. The summed E-state index contributed by atoms with van der Waals surface area (Å²) in [5.41, 5.74) is 1.15. The highest BCUT2D eigenvalue weighted by molar-refractivity contribution is 6.31. The van der Waals surface area contributed by atoms with Crippen LogP contribution in [0.5, 0.6) is 0 Å². The quantitative estimate of drug-likeness (QED) is 0.799. The lowest BCUT2D eigenvalue weighted by atomic mass is 9.97. The monoisotopic (exact) mass is 312 g/mol. The molecule has 0 radical (unpaired) electrons. The van der Waals surface area contributed by atoms with E-state index in [0.717, 1.165) is 36.1 Å². The molecule has 1 atom stereocenters. The Morgan fingerprint density at radius 2 is 2.14 bits per heavy atom. The van der Waals surface area contributed by atoms with Crippen molar-refractivity contribution in [1.82, 2.24) is 20.0 Å². The minimum absolute atomic E-state index is 0.308. The zero-order valence-corrected chi connectivity index (χ0v) is 14.4. The molecule has 1 aromatic rings. The van der Waals surface area contributed by atoms with Gasteiger partial charge >= 0.3 is 0 Å². The molecular weight excluding hydrogens is 284 g/mol. The third-order valence-corrected chi connectivity index (χ3v) is 4.90. The van der Waals surface area contributed by atoms with Crippen molar-refractivity contribution < 1.29 is 0 Å². The van der Waals surface area contributed by atoms with Gasteiger partial charge in [-0.15, -0.1) is 0 Å². The Hall–Kier alpha value is -0.580. The second-order valence-corrected chi connectivity index (χ2v) is 6.88. The van der Waals surface area contributed by atoms with Gasteiger partial charge in [0.25, 0.3) is 0 Å². The maximum absolute atomic E-state index is 6.39. The van der Waals surface area contributed by atoms with Crippen LogP contribution in [-0.2, 0) is 6.54 Å². The van der Waals surface area contributed by atoms with E-state index < -0.39 is 0 Å². The average Bonchev–Trinajstić information content (AvgIpc) is 3.08. The molecule has 120 valence electrons. The van der Waals surface area contributed by atoms with E-state index in [-0.39, 0.29) is 0 Å². The van der Waals surface area contributed by atoms with Crippen LogP contribution in [0.3, 0.4) is 0 Å². The van der Waals surface area contributed by atoms with Crippen LogP contribution < -0.4 is 5.32 Å². The first-order valence-corrected chi connectivity index (χ1v) is 8.52. The molecule has 0 aromatic carbocycles. The van der Waals surface area contributed by atoms with Crippen LogP contribution in [-0.4, -0.2) is 42.4 Å². The van der Waals surface area contributed by atoms with Crippen molar-refractivity contribution in [2.45, 2.75) is 51.1 Å². The Labute approximate surface area is 133 Å². The first kappa shape index (κ1) is 16.8. The predicted molar refractivity (Wildman–Crippen MR) is 88.8 cm³/mol. The van der Waals surface area contributed by atoms with E-state index in [9.17, 15) is 0 Å². The van der Waals surface area contributed by atoms with Crippen molar-refractivity contribution >= 4 is 11.6 Å². The van der Waals surface area contributed by atoms with Gasteiger partial charge < -0.3 is 10.2 Å². The number of hydrogen-bond acceptors (Lipinski definition) is 3. The maximum Gasteiger partial charge on any atom is 0.0834 e. The number of halogens is 1. The zero-order valence-electron chi connectivity index (χ0n) is 13.6. The fourth-order valence-corrected chi connectivity index (χ4v) is 3.58. The van der Waals surface area contributed by atoms with Gasteiger partial charge in [-0.05, 0) is 39.9 Å². The van der Waals surface area contributed by atoms with E-state index in [1.165, 1.54) is 32.1 Å². The third-order valence-electron chi connectivity index (χ3n) is 4.61. The number of nitrogens with zero attached hydrogens (tertiary/aromatic N) is 3. The van der Waals surface area contributed by atoms with Crippen molar-refractivity contribution in [1.29, 1.82) is 0 Å². The Kier molecular flexibility index (Phi) is 6.52. The molecule has 1 unspecified atom stereocenters. The van der Waals surface area contributed by atoms with Gasteiger partial charge in [0.05, 0.1) is 29.5 Å². The SMILES string of the molecule is CNC(CCC1CCCC1)c1c(Cl)cnn1CCN(C)C. The van der Waals surface area contributed by atoms with E-state index in [4.69, 9.17) is 11.6 Å². The molecular formula is C16H29ClN4. The minimum Gasteiger partial charge on any atom is -0.312 e. The van der Waals surface area contributed by atoms with Gasteiger partial charge in [-0.2, -0.15) is 5.10 Å². The first-order chi connectivity index (χ1) is 10.1. The molecule has 21 heavy (non-hydrogen) atoms. The molecule has 1 fully saturated rings. The molecule has 4 nitrogen and oxygen atoms in total. The molecule has 1 heterocycles. The maximum atomic E-state index is 6.39. The van der Waals surface area contributed by atoms with Crippen molar-refractivity contribution in [3.05, 3.63) is 16.9 Å². The smallest absolute Gasteiger partial charge is 0.0834 e. The van der Waals surface area contributed by atoms with E-state index in [0.29, 0.717) is 6.04 Å². The molecule has 0 spiro atoms. The normalized spacial score (nSPS) is 17.8. The molecule has 5 heteroatoms. The summed E-state index contributed by atoms with van der Waals surface area (Å²) >= 11 is 6.39. The van der Waals surface area contributed by atoms with E-state index in [2.05, 4.69) is 34.1 Å². The molecule has 0 saturated heterocycles. The molecule has 0 amide bonds. The fourth-order valence-electron chi connectivity index (χ4n) is 3.31. The molecule has 0 bridgehead atoms.